The van der Waals surface area contributed by atoms with Crippen LogP contribution in [0.4, 0.5) is 0 Å². The van der Waals surface area contributed by atoms with E-state index in [1.165, 1.54) is 0 Å². The first-order valence-corrected chi connectivity index (χ1v) is 9.11. The number of nitrogens with one attached hydrogen (secondary N) is 1. The third kappa shape index (κ3) is 3.02. The third-order valence-corrected chi connectivity index (χ3v) is 6.89. The van der Waals surface area contributed by atoms with Gasteiger partial charge in [-0.25, -0.2) is 8.42 Å². The number of sulfone groups is 1. The molecule has 1 fully saturated rings. The van der Waals surface area contributed by atoms with Gasteiger partial charge in [0.25, 0.3) is 0 Å². The lowest BCUT2D eigenvalue weighted by Crippen LogP contribution is -2.39. The second-order valence-electron chi connectivity index (χ2n) is 5.63. The highest BCUT2D eigenvalue weighted by Crippen LogP contribution is 2.33. The van der Waals surface area contributed by atoms with Crippen molar-refractivity contribution in [2.45, 2.75) is 44.4 Å². The molecule has 1 saturated heterocycles. The highest BCUT2D eigenvalue weighted by atomic mass is 35.5. The van der Waals surface area contributed by atoms with Gasteiger partial charge in [0, 0.05) is 11.1 Å². The number of benzene rings is 1. The van der Waals surface area contributed by atoms with Crippen molar-refractivity contribution in [1.82, 2.24) is 5.32 Å². The number of rotatable bonds is 3. The van der Waals surface area contributed by atoms with Gasteiger partial charge in [0.05, 0.1) is 11.0 Å². The van der Waals surface area contributed by atoms with Crippen molar-refractivity contribution >= 4 is 21.4 Å². The fourth-order valence-electron chi connectivity index (χ4n) is 3.03. The summed E-state index contributed by atoms with van der Waals surface area (Å²) in [5.41, 5.74) is 3.08. The molecule has 1 aromatic carbocycles. The van der Waals surface area contributed by atoms with E-state index < -0.39 is 9.84 Å². The lowest BCUT2D eigenvalue weighted by molar-refractivity contribution is 0.468. The van der Waals surface area contributed by atoms with E-state index in [2.05, 4.69) is 5.32 Å². The fourth-order valence-corrected chi connectivity index (χ4v) is 5.38. The molecule has 5 heteroatoms. The van der Waals surface area contributed by atoms with Crippen LogP contribution in [-0.4, -0.2) is 26.5 Å². The molecule has 1 aliphatic heterocycles. The maximum atomic E-state index is 12.4. The van der Waals surface area contributed by atoms with Gasteiger partial charge in [-0.1, -0.05) is 24.1 Å². The van der Waals surface area contributed by atoms with Crippen molar-refractivity contribution in [2.75, 3.05) is 12.8 Å². The Bertz CT molecular complexity index is 598. The highest BCUT2D eigenvalue weighted by molar-refractivity contribution is 7.92. The molecule has 0 saturated carbocycles. The minimum atomic E-state index is -3.02. The summed E-state index contributed by atoms with van der Waals surface area (Å²) in [6.45, 7) is 3.94. The van der Waals surface area contributed by atoms with Crippen LogP contribution in [0.15, 0.2) is 12.1 Å². The van der Waals surface area contributed by atoms with Crippen LogP contribution in [-0.2, 0) is 9.84 Å². The normalized spacial score (nSPS) is 23.5. The highest BCUT2D eigenvalue weighted by Gasteiger charge is 2.36. The van der Waals surface area contributed by atoms with Crippen LogP contribution in [0.1, 0.15) is 42.0 Å². The number of halogens is 1. The SMILES string of the molecule is CNC(c1cc(C)c(Cl)cc1C)C1CCCCS1(=O)=O. The minimum Gasteiger partial charge on any atom is -0.312 e. The van der Waals surface area contributed by atoms with E-state index in [-0.39, 0.29) is 11.3 Å². The Kier molecular flexibility index (Phi) is 4.77. The molecule has 20 heavy (non-hydrogen) atoms. The smallest absolute Gasteiger partial charge is 0.155 e. The molecule has 2 rings (SSSR count). The lowest BCUT2D eigenvalue weighted by atomic mass is 9.94. The molecule has 112 valence electrons. The first-order chi connectivity index (χ1) is 9.36. The maximum Gasteiger partial charge on any atom is 0.155 e. The first kappa shape index (κ1) is 15.8. The zero-order chi connectivity index (χ0) is 14.9. The molecular weight excluding hydrogens is 294 g/mol. The van der Waals surface area contributed by atoms with Crippen molar-refractivity contribution in [1.29, 1.82) is 0 Å². The molecule has 0 radical (unpaired) electrons. The molecule has 0 bridgehead atoms. The van der Waals surface area contributed by atoms with Gasteiger partial charge in [0.15, 0.2) is 9.84 Å². The Hall–Kier alpha value is -0.580. The Morgan fingerprint density at radius 3 is 2.55 bits per heavy atom. The monoisotopic (exact) mass is 315 g/mol. The largest absolute Gasteiger partial charge is 0.312 e. The van der Waals surface area contributed by atoms with Crippen LogP contribution in [0.3, 0.4) is 0 Å². The zero-order valence-electron chi connectivity index (χ0n) is 12.2. The molecule has 2 atom stereocenters. The topological polar surface area (TPSA) is 46.2 Å². The van der Waals surface area contributed by atoms with Crippen molar-refractivity contribution < 1.29 is 8.42 Å². The van der Waals surface area contributed by atoms with E-state index >= 15 is 0 Å². The predicted octanol–water partition coefficient (Wildman–Crippen LogP) is 3.18. The minimum absolute atomic E-state index is 0.156. The van der Waals surface area contributed by atoms with Gasteiger partial charge < -0.3 is 5.32 Å². The lowest BCUT2D eigenvalue weighted by Gasteiger charge is -2.31. The van der Waals surface area contributed by atoms with Crippen molar-refractivity contribution in [3.63, 3.8) is 0 Å². The summed E-state index contributed by atoms with van der Waals surface area (Å²) < 4.78 is 24.7. The Morgan fingerprint density at radius 2 is 1.95 bits per heavy atom. The number of hydrogen-bond donors (Lipinski definition) is 1. The summed E-state index contributed by atoms with van der Waals surface area (Å²) in [5, 5.41) is 3.61. The van der Waals surface area contributed by atoms with Gasteiger partial charge in [-0.15, -0.1) is 0 Å². The van der Waals surface area contributed by atoms with Gasteiger partial charge in [0.1, 0.15) is 0 Å². The summed E-state index contributed by atoms with van der Waals surface area (Å²) in [6.07, 6.45) is 2.50. The summed E-state index contributed by atoms with van der Waals surface area (Å²) in [5.74, 6) is 0.307. The van der Waals surface area contributed by atoms with E-state index in [1.807, 2.05) is 33.0 Å². The van der Waals surface area contributed by atoms with Gasteiger partial charge in [-0.05, 0) is 56.5 Å². The Morgan fingerprint density at radius 1 is 1.25 bits per heavy atom. The van der Waals surface area contributed by atoms with Crippen LogP contribution in [0, 0.1) is 13.8 Å². The molecule has 1 N–H and O–H groups in total. The summed E-state index contributed by atoms with van der Waals surface area (Å²) in [4.78, 5) is 0. The molecule has 0 amide bonds. The van der Waals surface area contributed by atoms with Crippen LogP contribution in [0.5, 0.6) is 0 Å². The molecular formula is C15H22ClNO2S. The van der Waals surface area contributed by atoms with Gasteiger partial charge in [-0.2, -0.15) is 0 Å². The van der Waals surface area contributed by atoms with Gasteiger partial charge in [0.2, 0.25) is 0 Å². The summed E-state index contributed by atoms with van der Waals surface area (Å²) in [7, 11) is -1.19. The second kappa shape index (κ2) is 6.04. The van der Waals surface area contributed by atoms with Crippen LogP contribution in [0.2, 0.25) is 5.02 Å². The fraction of sp³-hybridized carbons (Fsp3) is 0.600. The van der Waals surface area contributed by atoms with Crippen LogP contribution >= 0.6 is 11.6 Å². The third-order valence-electron chi connectivity index (χ3n) is 4.19. The van der Waals surface area contributed by atoms with E-state index in [0.29, 0.717) is 5.75 Å². The molecule has 1 heterocycles. The van der Waals surface area contributed by atoms with Crippen LogP contribution in [0.25, 0.3) is 0 Å². The van der Waals surface area contributed by atoms with Crippen LogP contribution < -0.4 is 5.32 Å². The van der Waals surface area contributed by atoms with E-state index in [0.717, 1.165) is 41.0 Å². The molecule has 0 spiro atoms. The quantitative estimate of drug-likeness (QED) is 0.932. The molecule has 1 aromatic rings. The average molecular weight is 316 g/mol. The second-order valence-corrected chi connectivity index (χ2v) is 8.37. The Balaban J connectivity index is 2.45. The van der Waals surface area contributed by atoms with Crippen molar-refractivity contribution in [2.24, 2.45) is 0 Å². The van der Waals surface area contributed by atoms with Crippen molar-refractivity contribution in [3.05, 3.63) is 33.8 Å². The molecule has 2 unspecified atom stereocenters. The molecule has 0 aliphatic carbocycles. The van der Waals surface area contributed by atoms with E-state index in [1.54, 1.807) is 0 Å². The average Bonchev–Trinajstić information content (AvgIpc) is 2.37. The number of aryl methyl sites for hydroxylation is 2. The summed E-state index contributed by atoms with van der Waals surface area (Å²) >= 11 is 6.14. The van der Waals surface area contributed by atoms with Gasteiger partial charge >= 0.3 is 0 Å². The number of hydrogen-bond acceptors (Lipinski definition) is 3. The predicted molar refractivity (Wildman–Crippen MR) is 84.2 cm³/mol. The molecule has 1 aliphatic rings. The summed E-state index contributed by atoms with van der Waals surface area (Å²) in [6, 6.07) is 3.78. The van der Waals surface area contributed by atoms with Gasteiger partial charge in [-0.3, -0.25) is 0 Å². The Labute approximate surface area is 126 Å². The maximum absolute atomic E-state index is 12.4. The first-order valence-electron chi connectivity index (χ1n) is 7.02. The molecule has 3 nitrogen and oxygen atoms in total. The van der Waals surface area contributed by atoms with E-state index in [9.17, 15) is 8.42 Å². The zero-order valence-corrected chi connectivity index (χ0v) is 13.8. The standard InChI is InChI=1S/C15H22ClNO2S/c1-10-9-13(16)11(2)8-12(10)15(17-3)14-6-4-5-7-20(14,18)19/h8-9,14-15,17H,4-7H2,1-3H3. The van der Waals surface area contributed by atoms with Crippen molar-refractivity contribution in [3.8, 4) is 0 Å². The molecule has 0 aromatic heterocycles. The van der Waals surface area contributed by atoms with E-state index in [4.69, 9.17) is 11.6 Å².